The second kappa shape index (κ2) is 3.37. The fourth-order valence-corrected chi connectivity index (χ4v) is 3.06. The van der Waals surface area contributed by atoms with Gasteiger partial charge in [-0.15, -0.1) is 0 Å². The van der Waals surface area contributed by atoms with Gasteiger partial charge in [0.15, 0.2) is 0 Å². The molecule has 0 aromatic rings. The van der Waals surface area contributed by atoms with E-state index >= 15 is 0 Å². The smallest absolute Gasteiger partial charge is 0.307 e. The first-order valence-corrected chi connectivity index (χ1v) is 5.35. The number of aliphatic carboxylic acids is 1. The summed E-state index contributed by atoms with van der Waals surface area (Å²) in [5.41, 5.74) is 0. The van der Waals surface area contributed by atoms with Crippen LogP contribution in [0.3, 0.4) is 0 Å². The van der Waals surface area contributed by atoms with Crippen molar-refractivity contribution in [2.45, 2.75) is 32.6 Å². The molecule has 14 heavy (non-hydrogen) atoms. The Morgan fingerprint density at radius 1 is 1.43 bits per heavy atom. The van der Waals surface area contributed by atoms with Gasteiger partial charge in [-0.3, -0.25) is 9.59 Å². The van der Waals surface area contributed by atoms with Crippen LogP contribution in [0, 0.1) is 23.7 Å². The molecule has 1 N–H and O–H groups in total. The van der Waals surface area contributed by atoms with Crippen molar-refractivity contribution in [3.05, 3.63) is 0 Å². The van der Waals surface area contributed by atoms with Crippen molar-refractivity contribution in [1.82, 2.24) is 0 Å². The molecule has 3 nitrogen and oxygen atoms in total. The zero-order chi connectivity index (χ0) is 10.3. The highest BCUT2D eigenvalue weighted by atomic mass is 16.4. The summed E-state index contributed by atoms with van der Waals surface area (Å²) in [6.07, 6.45) is 3.19. The Balaban J connectivity index is 2.17. The first-order chi connectivity index (χ1) is 6.59. The number of hydrogen-bond donors (Lipinski definition) is 1. The van der Waals surface area contributed by atoms with E-state index in [4.69, 9.17) is 5.11 Å². The van der Waals surface area contributed by atoms with Crippen molar-refractivity contribution >= 4 is 11.8 Å². The summed E-state index contributed by atoms with van der Waals surface area (Å²) in [6.45, 7) is 2.15. The van der Waals surface area contributed by atoms with Crippen molar-refractivity contribution in [1.29, 1.82) is 0 Å². The van der Waals surface area contributed by atoms with Crippen LogP contribution in [-0.2, 0) is 9.59 Å². The Bertz CT molecular complexity index is 272. The van der Waals surface area contributed by atoms with E-state index in [1.165, 1.54) is 0 Å². The van der Waals surface area contributed by atoms with Gasteiger partial charge in [-0.2, -0.15) is 0 Å². The van der Waals surface area contributed by atoms with E-state index in [0.717, 1.165) is 19.3 Å². The van der Waals surface area contributed by atoms with Gasteiger partial charge in [0.05, 0.1) is 5.92 Å². The van der Waals surface area contributed by atoms with E-state index in [0.29, 0.717) is 5.92 Å². The van der Waals surface area contributed by atoms with Gasteiger partial charge < -0.3 is 5.11 Å². The molecule has 0 aromatic carbocycles. The Hall–Kier alpha value is -0.860. The summed E-state index contributed by atoms with van der Waals surface area (Å²) in [4.78, 5) is 22.5. The molecule has 2 fully saturated rings. The zero-order valence-corrected chi connectivity index (χ0v) is 8.40. The number of rotatable bonds is 1. The molecule has 0 radical (unpaired) electrons. The summed E-state index contributed by atoms with van der Waals surface area (Å²) in [6, 6.07) is 0. The van der Waals surface area contributed by atoms with Crippen LogP contribution in [0.1, 0.15) is 32.6 Å². The molecular formula is C11H16O3. The largest absolute Gasteiger partial charge is 0.481 e. The Labute approximate surface area is 83.5 Å². The van der Waals surface area contributed by atoms with Crippen molar-refractivity contribution in [3.63, 3.8) is 0 Å². The fraction of sp³-hybridized carbons (Fsp3) is 0.818. The number of fused-ring (bicyclic) bond motifs is 1. The van der Waals surface area contributed by atoms with Crippen LogP contribution in [0.5, 0.6) is 0 Å². The molecule has 0 spiro atoms. The minimum Gasteiger partial charge on any atom is -0.481 e. The minimum absolute atomic E-state index is 0.0623. The number of carbonyl (C=O) groups is 2. The zero-order valence-electron chi connectivity index (χ0n) is 8.40. The van der Waals surface area contributed by atoms with Crippen LogP contribution < -0.4 is 0 Å². The summed E-state index contributed by atoms with van der Waals surface area (Å²) in [5, 5.41) is 9.00. The second-order valence-corrected chi connectivity index (χ2v) is 4.80. The Morgan fingerprint density at radius 3 is 2.79 bits per heavy atom. The van der Waals surface area contributed by atoms with E-state index in [2.05, 4.69) is 6.92 Å². The van der Waals surface area contributed by atoms with Crippen LogP contribution in [0.15, 0.2) is 0 Å². The minimum atomic E-state index is -0.778. The Morgan fingerprint density at radius 2 is 2.14 bits per heavy atom. The molecule has 78 valence electrons. The number of ketones is 1. The predicted molar refractivity (Wildman–Crippen MR) is 50.7 cm³/mol. The molecule has 0 heterocycles. The summed E-state index contributed by atoms with van der Waals surface area (Å²) >= 11 is 0. The molecule has 4 unspecified atom stereocenters. The third kappa shape index (κ3) is 1.45. The monoisotopic (exact) mass is 196 g/mol. The van der Waals surface area contributed by atoms with Gasteiger partial charge in [0, 0.05) is 12.3 Å². The molecule has 2 rings (SSSR count). The Kier molecular flexibility index (Phi) is 2.33. The molecular weight excluding hydrogens is 180 g/mol. The molecule has 0 amide bonds. The van der Waals surface area contributed by atoms with E-state index < -0.39 is 11.9 Å². The van der Waals surface area contributed by atoms with Crippen molar-refractivity contribution in [3.8, 4) is 0 Å². The first kappa shape index (κ1) is 9.69. The molecule has 2 aliphatic carbocycles. The van der Waals surface area contributed by atoms with E-state index in [1.807, 2.05) is 0 Å². The summed E-state index contributed by atoms with van der Waals surface area (Å²) < 4.78 is 0. The topological polar surface area (TPSA) is 54.4 Å². The summed E-state index contributed by atoms with van der Waals surface area (Å²) in [7, 11) is 0. The van der Waals surface area contributed by atoms with E-state index in [1.54, 1.807) is 0 Å². The SMILES string of the molecule is CC1CCC2C(=O)CC(C(=O)O)C2C1. The van der Waals surface area contributed by atoms with Gasteiger partial charge >= 0.3 is 5.97 Å². The van der Waals surface area contributed by atoms with E-state index in [-0.39, 0.29) is 24.0 Å². The molecule has 2 aliphatic rings. The first-order valence-electron chi connectivity index (χ1n) is 5.35. The maximum atomic E-state index is 11.6. The normalized spacial score (nSPS) is 42.2. The maximum Gasteiger partial charge on any atom is 0.307 e. The van der Waals surface area contributed by atoms with Crippen molar-refractivity contribution < 1.29 is 14.7 Å². The number of carbonyl (C=O) groups excluding carboxylic acids is 1. The third-order valence-corrected chi connectivity index (χ3v) is 3.83. The van der Waals surface area contributed by atoms with Crippen LogP contribution in [0.2, 0.25) is 0 Å². The predicted octanol–water partition coefficient (Wildman–Crippen LogP) is 1.71. The highest BCUT2D eigenvalue weighted by Crippen LogP contribution is 2.45. The van der Waals surface area contributed by atoms with Crippen molar-refractivity contribution in [2.24, 2.45) is 23.7 Å². The maximum absolute atomic E-state index is 11.6. The van der Waals surface area contributed by atoms with Gasteiger partial charge in [0.2, 0.25) is 0 Å². The average Bonchev–Trinajstić information content (AvgIpc) is 2.43. The van der Waals surface area contributed by atoms with Gasteiger partial charge in [-0.25, -0.2) is 0 Å². The second-order valence-electron chi connectivity index (χ2n) is 4.80. The third-order valence-electron chi connectivity index (χ3n) is 3.83. The number of carboxylic acid groups (broad SMARTS) is 1. The quantitative estimate of drug-likeness (QED) is 0.694. The van der Waals surface area contributed by atoms with Gasteiger partial charge in [0.1, 0.15) is 5.78 Å². The lowest BCUT2D eigenvalue weighted by atomic mass is 9.73. The highest BCUT2D eigenvalue weighted by Gasteiger charge is 2.47. The highest BCUT2D eigenvalue weighted by molar-refractivity contribution is 5.90. The lowest BCUT2D eigenvalue weighted by Gasteiger charge is -2.30. The van der Waals surface area contributed by atoms with Gasteiger partial charge in [0.25, 0.3) is 0 Å². The van der Waals surface area contributed by atoms with Crippen LogP contribution >= 0.6 is 0 Å². The number of Topliss-reactive ketones (excluding diaryl/α,β-unsaturated/α-hetero) is 1. The van der Waals surface area contributed by atoms with Gasteiger partial charge in [-0.1, -0.05) is 13.3 Å². The number of hydrogen-bond acceptors (Lipinski definition) is 2. The van der Waals surface area contributed by atoms with Crippen LogP contribution in [-0.4, -0.2) is 16.9 Å². The standard InChI is InChI=1S/C11H16O3/c1-6-2-3-7-8(4-6)9(11(13)14)5-10(7)12/h6-9H,2-5H2,1H3,(H,13,14). The average molecular weight is 196 g/mol. The molecule has 4 atom stereocenters. The summed E-state index contributed by atoms with van der Waals surface area (Å²) in [5.74, 6) is -0.204. The van der Waals surface area contributed by atoms with E-state index in [9.17, 15) is 9.59 Å². The molecule has 0 aliphatic heterocycles. The molecule has 0 aromatic heterocycles. The molecule has 3 heteroatoms. The number of carboxylic acids is 1. The van der Waals surface area contributed by atoms with Gasteiger partial charge in [-0.05, 0) is 24.7 Å². The lowest BCUT2D eigenvalue weighted by Crippen LogP contribution is -2.28. The molecule has 0 bridgehead atoms. The molecule has 0 saturated heterocycles. The fourth-order valence-electron chi connectivity index (χ4n) is 3.06. The lowest BCUT2D eigenvalue weighted by molar-refractivity contribution is -0.143. The van der Waals surface area contributed by atoms with Crippen LogP contribution in [0.25, 0.3) is 0 Å². The van der Waals surface area contributed by atoms with Crippen molar-refractivity contribution in [2.75, 3.05) is 0 Å². The molecule has 2 saturated carbocycles. The van der Waals surface area contributed by atoms with Crippen LogP contribution in [0.4, 0.5) is 0 Å².